The average Bonchev–Trinajstić information content (AvgIpc) is 3.30. The number of halogens is 1. The van der Waals surface area contributed by atoms with Crippen LogP contribution >= 0.6 is 23.4 Å². The van der Waals surface area contributed by atoms with Crippen molar-refractivity contribution in [3.63, 3.8) is 0 Å². The maximum Gasteiger partial charge on any atom is 0.311 e. The number of ether oxygens (including phenoxy) is 1. The van der Waals surface area contributed by atoms with Crippen LogP contribution in [0.1, 0.15) is 37.8 Å². The molecule has 0 radical (unpaired) electrons. The SMILES string of the molecule is C[C@]12/C=C\CCCCOC(=O)[C@H]1[C@H]1C(=O)N([C@H](CO)c3ccccc3)C3C(=O)N(c4ccc(Cl)cc4)CC=C[C@@]31S2. The summed E-state index contributed by atoms with van der Waals surface area (Å²) < 4.78 is 3.95. The van der Waals surface area contributed by atoms with Gasteiger partial charge < -0.3 is 19.6 Å². The third kappa shape index (κ3) is 4.60. The molecule has 6 rings (SSSR count). The van der Waals surface area contributed by atoms with Gasteiger partial charge in [0.05, 0.1) is 35.8 Å². The molecule has 2 amide bonds. The number of amides is 2. The van der Waals surface area contributed by atoms with Crippen LogP contribution in [0.4, 0.5) is 5.69 Å². The van der Waals surface area contributed by atoms with Gasteiger partial charge in [-0.15, -0.1) is 11.8 Å². The zero-order valence-electron chi connectivity index (χ0n) is 22.8. The zero-order valence-corrected chi connectivity index (χ0v) is 24.4. The van der Waals surface area contributed by atoms with E-state index in [-0.39, 0.29) is 18.4 Å². The lowest BCUT2D eigenvalue weighted by molar-refractivity contribution is -0.154. The summed E-state index contributed by atoms with van der Waals surface area (Å²) in [5.41, 5.74) is 1.38. The maximum absolute atomic E-state index is 14.7. The lowest BCUT2D eigenvalue weighted by Crippen LogP contribution is -2.54. The van der Waals surface area contributed by atoms with Crippen LogP contribution in [0.3, 0.4) is 0 Å². The third-order valence-corrected chi connectivity index (χ3v) is 10.8. The number of thioether (sulfide) groups is 1. The Balaban J connectivity index is 1.53. The summed E-state index contributed by atoms with van der Waals surface area (Å²) >= 11 is 7.65. The second kappa shape index (κ2) is 11.0. The molecule has 2 saturated heterocycles. The van der Waals surface area contributed by atoms with Crippen molar-refractivity contribution < 1.29 is 24.2 Å². The molecule has 41 heavy (non-hydrogen) atoms. The van der Waals surface area contributed by atoms with Crippen molar-refractivity contribution in [3.8, 4) is 0 Å². The van der Waals surface area contributed by atoms with Crippen molar-refractivity contribution in [2.75, 3.05) is 24.7 Å². The summed E-state index contributed by atoms with van der Waals surface area (Å²) in [4.78, 5) is 46.4. The van der Waals surface area contributed by atoms with E-state index in [0.717, 1.165) is 24.8 Å². The number of allylic oxidation sites excluding steroid dienone is 1. The first-order valence-corrected chi connectivity index (χ1v) is 15.3. The van der Waals surface area contributed by atoms with Gasteiger partial charge in [-0.05, 0) is 56.0 Å². The van der Waals surface area contributed by atoms with Gasteiger partial charge in [0.15, 0.2) is 0 Å². The van der Waals surface area contributed by atoms with Crippen molar-refractivity contribution in [2.24, 2.45) is 11.8 Å². The van der Waals surface area contributed by atoms with E-state index in [4.69, 9.17) is 16.3 Å². The summed E-state index contributed by atoms with van der Waals surface area (Å²) in [5, 5.41) is 11.3. The molecule has 4 aliphatic heterocycles. The second-order valence-corrected chi connectivity index (χ2v) is 13.5. The molecular weight excluding hydrogens is 560 g/mol. The summed E-state index contributed by atoms with van der Waals surface area (Å²) in [6.07, 6.45) is 10.5. The number of cyclic esters (lactones) is 1. The molecule has 2 aromatic carbocycles. The molecule has 2 fully saturated rings. The highest BCUT2D eigenvalue weighted by atomic mass is 35.5. The molecule has 1 N–H and O–H groups in total. The van der Waals surface area contributed by atoms with E-state index in [2.05, 4.69) is 6.08 Å². The highest BCUT2D eigenvalue weighted by molar-refractivity contribution is 8.02. The molecule has 0 aliphatic carbocycles. The highest BCUT2D eigenvalue weighted by Gasteiger charge is 2.74. The number of carbonyl (C=O) groups excluding carboxylic acids is 3. The zero-order chi connectivity index (χ0) is 28.8. The minimum absolute atomic E-state index is 0.264. The molecule has 0 saturated carbocycles. The Morgan fingerprint density at radius 3 is 2.49 bits per heavy atom. The highest BCUT2D eigenvalue weighted by Crippen LogP contribution is 2.66. The number of carbonyl (C=O) groups is 3. The van der Waals surface area contributed by atoms with Gasteiger partial charge in [0.1, 0.15) is 6.04 Å². The summed E-state index contributed by atoms with van der Waals surface area (Å²) in [6, 6.07) is 14.6. The number of anilines is 1. The van der Waals surface area contributed by atoms with Gasteiger partial charge in [-0.3, -0.25) is 14.4 Å². The van der Waals surface area contributed by atoms with E-state index in [1.165, 1.54) is 11.8 Å². The standard InChI is InChI=1S/C32H33ClN2O5S/c1-31-16-7-2-3-8-19-40-30(39)26(31)25-28(37)35(24(20-36)21-10-5-4-6-11-21)27-29(38)34(18-9-17-32(25,27)41-31)23-14-12-22(33)13-15-23/h4-7,9-17,24-27,36H,2-3,8,18-20H2,1H3/b16-7-/t24-,25+,26-,27?,31+,32+/m1/s1. The molecule has 4 aliphatic rings. The first kappa shape index (κ1) is 28.1. The minimum atomic E-state index is -1.05. The number of hydrogen-bond donors (Lipinski definition) is 1. The smallest absolute Gasteiger partial charge is 0.311 e. The van der Waals surface area contributed by atoms with Gasteiger partial charge >= 0.3 is 5.97 Å². The Bertz CT molecular complexity index is 1400. The van der Waals surface area contributed by atoms with E-state index in [0.29, 0.717) is 23.9 Å². The molecule has 214 valence electrons. The summed E-state index contributed by atoms with van der Waals surface area (Å²) in [6.45, 7) is 2.20. The van der Waals surface area contributed by atoms with E-state index in [1.807, 2.05) is 55.5 Å². The fraction of sp³-hybridized carbons (Fsp3) is 0.406. The van der Waals surface area contributed by atoms with Crippen LogP contribution in [0.25, 0.3) is 0 Å². The minimum Gasteiger partial charge on any atom is -0.465 e. The van der Waals surface area contributed by atoms with Crippen LogP contribution in [-0.4, -0.2) is 63.1 Å². The third-order valence-electron chi connectivity index (χ3n) is 8.77. The van der Waals surface area contributed by atoms with Crippen molar-refractivity contribution in [2.45, 2.75) is 47.8 Å². The van der Waals surface area contributed by atoms with Crippen LogP contribution in [0.2, 0.25) is 5.02 Å². The molecule has 2 aromatic rings. The van der Waals surface area contributed by atoms with Crippen molar-refractivity contribution in [1.82, 2.24) is 4.90 Å². The number of aliphatic hydroxyl groups is 1. The van der Waals surface area contributed by atoms with E-state index in [1.54, 1.807) is 34.1 Å². The number of rotatable bonds is 4. The predicted octanol–water partition coefficient (Wildman–Crippen LogP) is 4.95. The summed E-state index contributed by atoms with van der Waals surface area (Å²) in [5.74, 6) is -2.64. The molecule has 1 spiro atoms. The van der Waals surface area contributed by atoms with Gasteiger partial charge in [-0.2, -0.15) is 0 Å². The van der Waals surface area contributed by atoms with Gasteiger partial charge in [-0.25, -0.2) is 0 Å². The number of benzene rings is 2. The van der Waals surface area contributed by atoms with Gasteiger partial charge in [-0.1, -0.05) is 66.2 Å². The molecule has 0 bridgehead atoms. The van der Waals surface area contributed by atoms with Gasteiger partial charge in [0, 0.05) is 22.0 Å². The molecule has 6 atom stereocenters. The number of esters is 1. The molecular formula is C32H33ClN2O5S. The molecule has 9 heteroatoms. The first-order chi connectivity index (χ1) is 19.8. The Kier molecular flexibility index (Phi) is 7.51. The van der Waals surface area contributed by atoms with E-state index in [9.17, 15) is 19.5 Å². The first-order valence-electron chi connectivity index (χ1n) is 14.1. The molecule has 7 nitrogen and oxygen atoms in total. The molecule has 1 unspecified atom stereocenters. The quantitative estimate of drug-likeness (QED) is 0.399. The number of fused-ring (bicyclic) bond motifs is 2. The fourth-order valence-electron chi connectivity index (χ4n) is 6.95. The van der Waals surface area contributed by atoms with Gasteiger partial charge in [0.25, 0.3) is 5.91 Å². The van der Waals surface area contributed by atoms with Crippen LogP contribution < -0.4 is 4.90 Å². The monoisotopic (exact) mass is 592 g/mol. The number of likely N-dealkylation sites (tertiary alicyclic amines) is 1. The Morgan fingerprint density at radius 2 is 1.76 bits per heavy atom. The number of hydrogen-bond acceptors (Lipinski definition) is 6. The fourth-order valence-corrected chi connectivity index (χ4v) is 9.22. The normalized spacial score (nSPS) is 33.0. The average molecular weight is 593 g/mol. The predicted molar refractivity (Wildman–Crippen MR) is 160 cm³/mol. The van der Waals surface area contributed by atoms with Gasteiger partial charge in [0.2, 0.25) is 5.91 Å². The van der Waals surface area contributed by atoms with Crippen molar-refractivity contribution in [3.05, 3.63) is 89.5 Å². The van der Waals surface area contributed by atoms with Crippen molar-refractivity contribution >= 4 is 46.8 Å². The number of nitrogens with zero attached hydrogens (tertiary/aromatic N) is 2. The van der Waals surface area contributed by atoms with Crippen LogP contribution in [0.15, 0.2) is 78.9 Å². The summed E-state index contributed by atoms with van der Waals surface area (Å²) in [7, 11) is 0. The Morgan fingerprint density at radius 1 is 1.00 bits per heavy atom. The number of aliphatic hydroxyl groups excluding tert-OH is 1. The Hall–Kier alpha value is -3.07. The van der Waals surface area contributed by atoms with E-state index < -0.39 is 39.4 Å². The van der Waals surface area contributed by atoms with Crippen LogP contribution in [0.5, 0.6) is 0 Å². The maximum atomic E-state index is 14.7. The van der Waals surface area contributed by atoms with Crippen molar-refractivity contribution in [1.29, 1.82) is 0 Å². The topological polar surface area (TPSA) is 87.1 Å². The van der Waals surface area contributed by atoms with Crippen LogP contribution in [0, 0.1) is 11.8 Å². The second-order valence-electron chi connectivity index (χ2n) is 11.2. The molecule has 4 heterocycles. The lowest BCUT2D eigenvalue weighted by atomic mass is 9.74. The van der Waals surface area contributed by atoms with Crippen LogP contribution in [-0.2, 0) is 19.1 Å². The van der Waals surface area contributed by atoms with E-state index >= 15 is 0 Å². The Labute approximate surface area is 249 Å². The molecule has 0 aromatic heterocycles. The lowest BCUT2D eigenvalue weighted by Gasteiger charge is -2.40. The largest absolute Gasteiger partial charge is 0.465 e.